The number of carbonyl (C=O) groups is 2. The van der Waals surface area contributed by atoms with Crippen molar-refractivity contribution in [2.75, 3.05) is 29.9 Å². The first-order valence-electron chi connectivity index (χ1n) is 11.2. The highest BCUT2D eigenvalue weighted by Crippen LogP contribution is 2.39. The molecule has 1 N–H and O–H groups in total. The van der Waals surface area contributed by atoms with Gasteiger partial charge in [0.1, 0.15) is 4.90 Å². The molecule has 33 heavy (non-hydrogen) atoms. The van der Waals surface area contributed by atoms with E-state index in [9.17, 15) is 18.0 Å². The van der Waals surface area contributed by atoms with Crippen LogP contribution in [0.1, 0.15) is 37.8 Å². The van der Waals surface area contributed by atoms with E-state index in [2.05, 4.69) is 28.2 Å². The van der Waals surface area contributed by atoms with Crippen LogP contribution in [0.4, 0.5) is 11.4 Å². The third-order valence-corrected chi connectivity index (χ3v) is 8.79. The van der Waals surface area contributed by atoms with Gasteiger partial charge in [0.25, 0.3) is 0 Å². The van der Waals surface area contributed by atoms with Gasteiger partial charge in [-0.3, -0.25) is 9.59 Å². The number of nitrogens with zero attached hydrogens (tertiary/aromatic N) is 2. The van der Waals surface area contributed by atoms with Gasteiger partial charge in [-0.15, -0.1) is 0 Å². The van der Waals surface area contributed by atoms with Crippen molar-refractivity contribution in [3.05, 3.63) is 52.0 Å². The Morgan fingerprint density at radius 2 is 1.85 bits per heavy atom. The fourth-order valence-corrected chi connectivity index (χ4v) is 6.98. The van der Waals surface area contributed by atoms with Gasteiger partial charge in [0.15, 0.2) is 0 Å². The highest BCUT2D eigenvalue weighted by atomic mass is 79.9. The van der Waals surface area contributed by atoms with Crippen LogP contribution in [-0.4, -0.2) is 44.2 Å². The molecule has 4 rings (SSSR count). The van der Waals surface area contributed by atoms with Gasteiger partial charge < -0.3 is 10.2 Å². The molecule has 2 aliphatic rings. The molecule has 176 valence electrons. The van der Waals surface area contributed by atoms with E-state index in [1.165, 1.54) is 11.2 Å². The lowest BCUT2D eigenvalue weighted by molar-refractivity contribution is -0.121. The van der Waals surface area contributed by atoms with Gasteiger partial charge in [0.05, 0.1) is 5.69 Å². The van der Waals surface area contributed by atoms with Crippen LogP contribution in [0.2, 0.25) is 0 Å². The number of carbonyl (C=O) groups excluding carboxylic acids is 2. The normalized spacial score (nSPS) is 17.1. The maximum Gasteiger partial charge on any atom is 0.245 e. The van der Waals surface area contributed by atoms with Gasteiger partial charge in [-0.25, -0.2) is 8.42 Å². The van der Waals surface area contributed by atoms with Crippen molar-refractivity contribution in [2.24, 2.45) is 5.92 Å². The van der Waals surface area contributed by atoms with E-state index in [1.807, 2.05) is 30.3 Å². The van der Waals surface area contributed by atoms with Crippen molar-refractivity contribution in [3.8, 4) is 0 Å². The Kier molecular flexibility index (Phi) is 6.93. The molecule has 2 aromatic rings. The summed E-state index contributed by atoms with van der Waals surface area (Å²) in [5, 5.41) is 2.97. The number of benzene rings is 2. The fraction of sp³-hybridized carbons (Fsp3) is 0.417. The number of rotatable bonds is 5. The van der Waals surface area contributed by atoms with Crippen molar-refractivity contribution in [3.63, 3.8) is 0 Å². The molecule has 7 nitrogen and oxygen atoms in total. The molecule has 2 aliphatic heterocycles. The standard InChI is InChI=1S/C24H28BrN3O4S/c1-3-17-5-4-6-21(13-17)26-24(30)18-7-10-27(11-8-18)33(31,32)22-15-20(25)14-19-9-12-28(16(2)29)23(19)22/h4-6,13-15,18H,3,7-12H2,1-2H3,(H,26,30). The Labute approximate surface area is 203 Å². The quantitative estimate of drug-likeness (QED) is 0.630. The highest BCUT2D eigenvalue weighted by molar-refractivity contribution is 9.10. The third-order valence-electron chi connectivity index (χ3n) is 6.42. The first-order valence-corrected chi connectivity index (χ1v) is 13.4. The van der Waals surface area contributed by atoms with Gasteiger partial charge in [-0.2, -0.15) is 4.31 Å². The molecule has 0 spiro atoms. The summed E-state index contributed by atoms with van der Waals surface area (Å²) in [5.74, 6) is -0.495. The van der Waals surface area contributed by atoms with Gasteiger partial charge in [0, 0.05) is 42.6 Å². The SMILES string of the molecule is CCc1cccc(NC(=O)C2CCN(S(=O)(=O)c3cc(Br)cc4c3N(C(C)=O)CC4)CC2)c1. The molecule has 1 saturated heterocycles. The van der Waals surface area contributed by atoms with Gasteiger partial charge >= 0.3 is 0 Å². The van der Waals surface area contributed by atoms with E-state index in [0.717, 1.165) is 23.2 Å². The predicted octanol–water partition coefficient (Wildman–Crippen LogP) is 3.96. The average Bonchev–Trinajstić information content (AvgIpc) is 3.22. The molecular formula is C24H28BrN3O4S. The van der Waals surface area contributed by atoms with E-state index in [4.69, 9.17) is 0 Å². The number of aryl methyl sites for hydroxylation is 1. The second-order valence-electron chi connectivity index (χ2n) is 8.55. The van der Waals surface area contributed by atoms with Crippen molar-refractivity contribution in [2.45, 2.75) is 44.4 Å². The highest BCUT2D eigenvalue weighted by Gasteiger charge is 2.37. The van der Waals surface area contributed by atoms with E-state index in [0.29, 0.717) is 36.0 Å². The van der Waals surface area contributed by atoms with Crippen LogP contribution in [0, 0.1) is 5.92 Å². The monoisotopic (exact) mass is 533 g/mol. The van der Waals surface area contributed by atoms with Gasteiger partial charge in [-0.05, 0) is 61.1 Å². The second kappa shape index (κ2) is 9.56. The Morgan fingerprint density at radius 3 is 2.52 bits per heavy atom. The summed E-state index contributed by atoms with van der Waals surface area (Å²) >= 11 is 3.42. The van der Waals surface area contributed by atoms with Gasteiger partial charge in [0.2, 0.25) is 21.8 Å². The van der Waals surface area contributed by atoms with E-state index < -0.39 is 10.0 Å². The number of anilines is 2. The number of fused-ring (bicyclic) bond motifs is 1. The van der Waals surface area contributed by atoms with E-state index in [1.54, 1.807) is 11.0 Å². The van der Waals surface area contributed by atoms with Crippen molar-refractivity contribution in [1.29, 1.82) is 0 Å². The zero-order valence-electron chi connectivity index (χ0n) is 18.8. The first-order chi connectivity index (χ1) is 15.7. The number of piperidine rings is 1. The number of sulfonamides is 1. The van der Waals surface area contributed by atoms with Crippen LogP contribution in [0.25, 0.3) is 0 Å². The Bertz CT molecular complexity index is 1190. The molecule has 2 aromatic carbocycles. The van der Waals surface area contributed by atoms with E-state index >= 15 is 0 Å². The second-order valence-corrected chi connectivity index (χ2v) is 11.4. The summed E-state index contributed by atoms with van der Waals surface area (Å²) in [7, 11) is -3.82. The van der Waals surface area contributed by atoms with Crippen LogP contribution in [0.15, 0.2) is 45.8 Å². The van der Waals surface area contributed by atoms with Crippen LogP contribution in [-0.2, 0) is 32.5 Å². The smallest absolute Gasteiger partial charge is 0.245 e. The fourth-order valence-electron chi connectivity index (χ4n) is 4.59. The minimum Gasteiger partial charge on any atom is -0.326 e. The number of halogens is 1. The van der Waals surface area contributed by atoms with Gasteiger partial charge in [-0.1, -0.05) is 35.0 Å². The number of hydrogen-bond donors (Lipinski definition) is 1. The predicted molar refractivity (Wildman–Crippen MR) is 132 cm³/mol. The molecule has 0 unspecified atom stereocenters. The number of amides is 2. The Hall–Kier alpha value is -2.23. The minimum absolute atomic E-state index is 0.0774. The van der Waals surface area contributed by atoms with Crippen LogP contribution >= 0.6 is 15.9 Å². The third kappa shape index (κ3) is 4.85. The molecule has 2 amide bonds. The van der Waals surface area contributed by atoms with Crippen LogP contribution in [0.3, 0.4) is 0 Å². The summed E-state index contributed by atoms with van der Waals surface area (Å²) in [6, 6.07) is 11.2. The summed E-state index contributed by atoms with van der Waals surface area (Å²) in [5.41, 5.74) is 3.25. The molecule has 0 atom stereocenters. The molecule has 0 radical (unpaired) electrons. The Morgan fingerprint density at radius 1 is 1.12 bits per heavy atom. The number of hydrogen-bond acceptors (Lipinski definition) is 4. The van der Waals surface area contributed by atoms with Crippen molar-refractivity contribution < 1.29 is 18.0 Å². The zero-order valence-corrected chi connectivity index (χ0v) is 21.2. The maximum atomic E-state index is 13.6. The molecule has 9 heteroatoms. The number of nitrogens with one attached hydrogen (secondary N) is 1. The summed E-state index contributed by atoms with van der Waals surface area (Å²) < 4.78 is 29.3. The molecule has 2 heterocycles. The Balaban J connectivity index is 1.49. The summed E-state index contributed by atoms with van der Waals surface area (Å²) in [6.07, 6.45) is 2.41. The molecule has 0 aliphatic carbocycles. The summed E-state index contributed by atoms with van der Waals surface area (Å²) in [4.78, 5) is 26.6. The lowest BCUT2D eigenvalue weighted by Crippen LogP contribution is -2.42. The lowest BCUT2D eigenvalue weighted by Gasteiger charge is -2.31. The van der Waals surface area contributed by atoms with Crippen molar-refractivity contribution in [1.82, 2.24) is 4.31 Å². The molecule has 1 fully saturated rings. The topological polar surface area (TPSA) is 86.8 Å². The molecular weight excluding hydrogens is 506 g/mol. The molecule has 0 bridgehead atoms. The maximum absolute atomic E-state index is 13.6. The zero-order chi connectivity index (χ0) is 23.8. The minimum atomic E-state index is -3.82. The van der Waals surface area contributed by atoms with Crippen LogP contribution in [0.5, 0.6) is 0 Å². The largest absolute Gasteiger partial charge is 0.326 e. The average molecular weight is 534 g/mol. The molecule has 0 aromatic heterocycles. The van der Waals surface area contributed by atoms with Crippen LogP contribution < -0.4 is 10.2 Å². The lowest BCUT2D eigenvalue weighted by atomic mass is 9.97. The molecule has 0 saturated carbocycles. The first kappa shape index (κ1) is 23.9. The van der Waals surface area contributed by atoms with Crippen molar-refractivity contribution >= 4 is 49.1 Å². The van der Waals surface area contributed by atoms with E-state index in [-0.39, 0.29) is 35.7 Å². The summed E-state index contributed by atoms with van der Waals surface area (Å²) in [6.45, 7) is 4.51.